The van der Waals surface area contributed by atoms with E-state index in [4.69, 9.17) is 21.1 Å². The fourth-order valence-electron chi connectivity index (χ4n) is 2.52. The molecule has 1 amide bonds. The van der Waals surface area contributed by atoms with Gasteiger partial charge in [0.05, 0.1) is 0 Å². The Bertz CT molecular complexity index is 959. The smallest absolute Gasteiger partial charge is 0.349 e. The van der Waals surface area contributed by atoms with E-state index in [1.165, 1.54) is 0 Å². The van der Waals surface area contributed by atoms with Gasteiger partial charge in [0.15, 0.2) is 6.61 Å². The summed E-state index contributed by atoms with van der Waals surface area (Å²) in [7, 11) is 0. The third-order valence-electron chi connectivity index (χ3n) is 4.00. The molecule has 1 heterocycles. The standard InChI is InChI=1S/C21H19ClN2O4/c1-14-3-4-15(2)24(14)23-21(26)16-5-9-19(10-6-16)28-20(25)13-27-18-11-7-17(22)8-12-18/h3-12H,13H2,1-2H3,(H,23,26). The van der Waals surface area contributed by atoms with E-state index in [0.29, 0.717) is 22.1 Å². The van der Waals surface area contributed by atoms with Crippen molar-refractivity contribution in [1.82, 2.24) is 4.68 Å². The highest BCUT2D eigenvalue weighted by Crippen LogP contribution is 2.16. The van der Waals surface area contributed by atoms with Crippen molar-refractivity contribution in [2.24, 2.45) is 0 Å². The zero-order chi connectivity index (χ0) is 20.1. The van der Waals surface area contributed by atoms with Crippen LogP contribution in [0.4, 0.5) is 0 Å². The zero-order valence-electron chi connectivity index (χ0n) is 15.4. The summed E-state index contributed by atoms with van der Waals surface area (Å²) in [5.74, 6) is 0.0376. The lowest BCUT2D eigenvalue weighted by Crippen LogP contribution is -2.24. The molecule has 0 radical (unpaired) electrons. The molecule has 28 heavy (non-hydrogen) atoms. The second-order valence-corrected chi connectivity index (χ2v) is 6.57. The van der Waals surface area contributed by atoms with Gasteiger partial charge in [0.25, 0.3) is 5.91 Å². The van der Waals surface area contributed by atoms with Crippen LogP contribution in [0.1, 0.15) is 21.7 Å². The van der Waals surface area contributed by atoms with E-state index in [-0.39, 0.29) is 12.5 Å². The van der Waals surface area contributed by atoms with Crippen LogP contribution >= 0.6 is 11.6 Å². The molecule has 0 bridgehead atoms. The Balaban J connectivity index is 1.54. The van der Waals surface area contributed by atoms with Crippen LogP contribution in [-0.2, 0) is 4.79 Å². The van der Waals surface area contributed by atoms with E-state index in [1.807, 2.05) is 26.0 Å². The number of halogens is 1. The van der Waals surface area contributed by atoms with Gasteiger partial charge in [-0.2, -0.15) is 0 Å². The number of esters is 1. The van der Waals surface area contributed by atoms with Crippen molar-refractivity contribution in [2.45, 2.75) is 13.8 Å². The molecule has 0 unspecified atom stereocenters. The van der Waals surface area contributed by atoms with Crippen molar-refractivity contribution >= 4 is 23.5 Å². The summed E-state index contributed by atoms with van der Waals surface area (Å²) in [6.07, 6.45) is 0. The normalized spacial score (nSPS) is 10.4. The van der Waals surface area contributed by atoms with Crippen molar-refractivity contribution in [3.63, 3.8) is 0 Å². The Kier molecular flexibility index (Phi) is 6.01. The minimum atomic E-state index is -0.550. The van der Waals surface area contributed by atoms with Crippen molar-refractivity contribution in [1.29, 1.82) is 0 Å². The minimum Gasteiger partial charge on any atom is -0.482 e. The van der Waals surface area contributed by atoms with Gasteiger partial charge in [-0.15, -0.1) is 0 Å². The number of aryl methyl sites for hydroxylation is 2. The van der Waals surface area contributed by atoms with Gasteiger partial charge in [-0.05, 0) is 74.5 Å². The fraction of sp³-hybridized carbons (Fsp3) is 0.143. The molecule has 2 aromatic carbocycles. The molecule has 0 aliphatic carbocycles. The molecule has 1 aromatic heterocycles. The zero-order valence-corrected chi connectivity index (χ0v) is 16.2. The van der Waals surface area contributed by atoms with Crippen LogP contribution in [0.3, 0.4) is 0 Å². The Morgan fingerprint density at radius 3 is 2.07 bits per heavy atom. The summed E-state index contributed by atoms with van der Waals surface area (Å²) in [6.45, 7) is 3.57. The fourth-order valence-corrected chi connectivity index (χ4v) is 2.65. The van der Waals surface area contributed by atoms with Crippen LogP contribution in [-0.4, -0.2) is 23.2 Å². The highest BCUT2D eigenvalue weighted by molar-refractivity contribution is 6.30. The van der Waals surface area contributed by atoms with Crippen molar-refractivity contribution in [2.75, 3.05) is 12.0 Å². The van der Waals surface area contributed by atoms with Crippen LogP contribution in [0.2, 0.25) is 5.02 Å². The molecule has 144 valence electrons. The summed E-state index contributed by atoms with van der Waals surface area (Å²) in [6, 6.07) is 16.8. The third-order valence-corrected chi connectivity index (χ3v) is 4.25. The summed E-state index contributed by atoms with van der Waals surface area (Å²) < 4.78 is 12.3. The number of benzene rings is 2. The van der Waals surface area contributed by atoms with Crippen LogP contribution in [0, 0.1) is 13.8 Å². The molecular formula is C21H19ClN2O4. The molecule has 0 spiro atoms. The highest BCUT2D eigenvalue weighted by atomic mass is 35.5. The first-order chi connectivity index (χ1) is 13.4. The van der Waals surface area contributed by atoms with E-state index in [9.17, 15) is 9.59 Å². The lowest BCUT2D eigenvalue weighted by Gasteiger charge is -2.11. The maximum Gasteiger partial charge on any atom is 0.349 e. The number of hydrogen-bond acceptors (Lipinski definition) is 4. The third kappa shape index (κ3) is 4.92. The van der Waals surface area contributed by atoms with Crippen molar-refractivity contribution < 1.29 is 19.1 Å². The maximum atomic E-state index is 12.4. The quantitative estimate of drug-likeness (QED) is 0.500. The Morgan fingerprint density at radius 1 is 0.893 bits per heavy atom. The monoisotopic (exact) mass is 398 g/mol. The molecule has 3 aromatic rings. The van der Waals surface area contributed by atoms with Gasteiger partial charge in [-0.3, -0.25) is 14.9 Å². The van der Waals surface area contributed by atoms with Crippen LogP contribution in [0.25, 0.3) is 0 Å². The van der Waals surface area contributed by atoms with Crippen molar-refractivity contribution in [3.8, 4) is 11.5 Å². The number of hydrogen-bond donors (Lipinski definition) is 1. The molecule has 0 atom stereocenters. The van der Waals surface area contributed by atoms with E-state index >= 15 is 0 Å². The Hall–Kier alpha value is -3.25. The molecule has 1 N–H and O–H groups in total. The number of aromatic nitrogens is 1. The first kappa shape index (κ1) is 19.5. The molecular weight excluding hydrogens is 380 g/mol. The summed E-state index contributed by atoms with van der Waals surface area (Å²) in [5.41, 5.74) is 5.12. The number of carbonyl (C=O) groups excluding carboxylic acids is 2. The van der Waals surface area contributed by atoms with Gasteiger partial charge in [-0.25, -0.2) is 4.79 Å². The molecule has 0 fully saturated rings. The van der Waals surface area contributed by atoms with Crippen LogP contribution in [0.15, 0.2) is 60.7 Å². The highest BCUT2D eigenvalue weighted by Gasteiger charge is 2.11. The maximum absolute atomic E-state index is 12.4. The first-order valence-corrected chi connectivity index (χ1v) is 8.95. The van der Waals surface area contributed by atoms with Gasteiger partial charge in [0.1, 0.15) is 11.5 Å². The number of ether oxygens (including phenoxy) is 2. The van der Waals surface area contributed by atoms with Gasteiger partial charge in [-0.1, -0.05) is 11.6 Å². The van der Waals surface area contributed by atoms with Gasteiger partial charge < -0.3 is 9.47 Å². The first-order valence-electron chi connectivity index (χ1n) is 8.58. The van der Waals surface area contributed by atoms with Crippen LogP contribution < -0.4 is 14.9 Å². The second-order valence-electron chi connectivity index (χ2n) is 6.13. The molecule has 7 heteroatoms. The average molecular weight is 399 g/mol. The number of rotatable bonds is 6. The average Bonchev–Trinajstić information content (AvgIpc) is 3.00. The minimum absolute atomic E-state index is 0.240. The van der Waals surface area contributed by atoms with Gasteiger partial charge >= 0.3 is 5.97 Å². The molecule has 3 rings (SSSR count). The number of nitrogens with one attached hydrogen (secondary N) is 1. The van der Waals surface area contributed by atoms with E-state index in [2.05, 4.69) is 5.43 Å². The van der Waals surface area contributed by atoms with Gasteiger partial charge in [0.2, 0.25) is 0 Å². The van der Waals surface area contributed by atoms with Crippen LogP contribution in [0.5, 0.6) is 11.5 Å². The predicted molar refractivity (Wildman–Crippen MR) is 107 cm³/mol. The van der Waals surface area contributed by atoms with Crippen molar-refractivity contribution in [3.05, 3.63) is 82.6 Å². The largest absolute Gasteiger partial charge is 0.482 e. The topological polar surface area (TPSA) is 69.6 Å². The number of carbonyl (C=O) groups is 2. The summed E-state index contributed by atoms with van der Waals surface area (Å²) in [4.78, 5) is 24.3. The molecule has 0 saturated heterocycles. The van der Waals surface area contributed by atoms with E-state index < -0.39 is 5.97 Å². The summed E-state index contributed by atoms with van der Waals surface area (Å²) in [5, 5.41) is 0.584. The Labute approximate surface area is 167 Å². The number of amides is 1. The Morgan fingerprint density at radius 2 is 1.46 bits per heavy atom. The molecule has 0 saturated carbocycles. The van der Waals surface area contributed by atoms with Gasteiger partial charge in [0, 0.05) is 22.0 Å². The molecule has 0 aliphatic heterocycles. The lowest BCUT2D eigenvalue weighted by molar-refractivity contribution is -0.136. The second kappa shape index (κ2) is 8.63. The van der Waals surface area contributed by atoms with E-state index in [0.717, 1.165) is 11.4 Å². The molecule has 6 nitrogen and oxygen atoms in total. The number of nitrogens with zero attached hydrogens (tertiary/aromatic N) is 1. The SMILES string of the molecule is Cc1ccc(C)n1NC(=O)c1ccc(OC(=O)COc2ccc(Cl)cc2)cc1. The lowest BCUT2D eigenvalue weighted by atomic mass is 10.2. The predicted octanol–water partition coefficient (Wildman–Crippen LogP) is 4.13. The molecule has 0 aliphatic rings. The van der Waals surface area contributed by atoms with E-state index in [1.54, 1.807) is 53.2 Å². The summed E-state index contributed by atoms with van der Waals surface area (Å²) >= 11 is 5.79.